The van der Waals surface area contributed by atoms with Crippen LogP contribution in [0.2, 0.25) is 0 Å². The van der Waals surface area contributed by atoms with Crippen molar-refractivity contribution in [1.82, 2.24) is 4.90 Å². The molecule has 0 fully saturated rings. The van der Waals surface area contributed by atoms with Gasteiger partial charge in [0.1, 0.15) is 0 Å². The Morgan fingerprint density at radius 2 is 1.47 bits per heavy atom. The van der Waals surface area contributed by atoms with Gasteiger partial charge in [-0.3, -0.25) is 14.5 Å². The quantitative estimate of drug-likeness (QED) is 0.680. The zero-order chi connectivity index (χ0) is 14.6. The summed E-state index contributed by atoms with van der Waals surface area (Å²) in [5.74, 6) is -1.24. The highest BCUT2D eigenvalue weighted by atomic mass is 19.4. The Hall–Kier alpha value is -1.85. The molecule has 0 spiro atoms. The Labute approximate surface area is 108 Å². The average Bonchev–Trinajstić information content (AvgIpc) is 2.49. The molecule has 19 heavy (non-hydrogen) atoms. The smallest absolute Gasteiger partial charge is 0.269 e. The molecule has 0 radical (unpaired) electrons. The summed E-state index contributed by atoms with van der Waals surface area (Å²) in [5.41, 5.74) is -1.86. The molecule has 0 saturated carbocycles. The van der Waals surface area contributed by atoms with Gasteiger partial charge in [0.05, 0.1) is 16.7 Å². The molecule has 1 aromatic carbocycles. The Morgan fingerprint density at radius 3 is 1.95 bits per heavy atom. The number of halogens is 3. The van der Waals surface area contributed by atoms with Gasteiger partial charge < -0.3 is 0 Å². The van der Waals surface area contributed by atoms with E-state index in [9.17, 15) is 22.8 Å². The lowest BCUT2D eigenvalue weighted by Gasteiger charge is -2.29. The lowest BCUT2D eigenvalue weighted by atomic mass is 10.1. The summed E-state index contributed by atoms with van der Waals surface area (Å²) in [5, 5.41) is 0. The van der Waals surface area contributed by atoms with Crippen molar-refractivity contribution in [2.75, 3.05) is 0 Å². The summed E-state index contributed by atoms with van der Waals surface area (Å²) in [6.07, 6.45) is -4.53. The third kappa shape index (κ3) is 2.11. The number of carbonyl (C=O) groups excluding carboxylic acids is 2. The Balaban J connectivity index is 2.55. The highest BCUT2D eigenvalue weighted by Gasteiger charge is 2.43. The number of amides is 2. The first kappa shape index (κ1) is 13.6. The van der Waals surface area contributed by atoms with Gasteiger partial charge in [0, 0.05) is 5.54 Å². The second kappa shape index (κ2) is 3.82. The molecule has 0 unspecified atom stereocenters. The largest absolute Gasteiger partial charge is 0.416 e. The normalized spacial score (nSPS) is 16.0. The van der Waals surface area contributed by atoms with E-state index in [0.29, 0.717) is 0 Å². The van der Waals surface area contributed by atoms with Gasteiger partial charge in [-0.25, -0.2) is 0 Å². The van der Waals surface area contributed by atoms with Gasteiger partial charge >= 0.3 is 6.18 Å². The van der Waals surface area contributed by atoms with E-state index in [1.165, 1.54) is 0 Å². The average molecular weight is 271 g/mol. The predicted molar refractivity (Wildman–Crippen MR) is 61.7 cm³/mol. The summed E-state index contributed by atoms with van der Waals surface area (Å²) in [4.78, 5) is 25.1. The predicted octanol–water partition coefficient (Wildman–Crippen LogP) is 3.10. The summed E-state index contributed by atoms with van der Waals surface area (Å²) in [7, 11) is 0. The van der Waals surface area contributed by atoms with Crippen molar-refractivity contribution in [3.8, 4) is 0 Å². The van der Waals surface area contributed by atoms with Crippen molar-refractivity contribution in [2.24, 2.45) is 0 Å². The second-order valence-electron chi connectivity index (χ2n) is 5.37. The van der Waals surface area contributed by atoms with E-state index in [0.717, 1.165) is 23.1 Å². The molecule has 1 aliphatic heterocycles. The van der Waals surface area contributed by atoms with Crippen molar-refractivity contribution in [1.29, 1.82) is 0 Å². The molecule has 1 heterocycles. The first-order valence-corrected chi connectivity index (χ1v) is 5.63. The van der Waals surface area contributed by atoms with Crippen LogP contribution in [0.15, 0.2) is 18.2 Å². The molecule has 2 amide bonds. The van der Waals surface area contributed by atoms with Crippen molar-refractivity contribution in [3.05, 3.63) is 34.9 Å². The van der Waals surface area contributed by atoms with Crippen LogP contribution in [0.5, 0.6) is 0 Å². The van der Waals surface area contributed by atoms with Crippen LogP contribution >= 0.6 is 0 Å². The topological polar surface area (TPSA) is 37.4 Å². The Kier molecular flexibility index (Phi) is 2.73. The van der Waals surface area contributed by atoms with Crippen molar-refractivity contribution in [2.45, 2.75) is 32.5 Å². The lowest BCUT2D eigenvalue weighted by Crippen LogP contribution is -2.45. The van der Waals surface area contributed by atoms with Crippen LogP contribution in [0, 0.1) is 0 Å². The van der Waals surface area contributed by atoms with Gasteiger partial charge in [0.15, 0.2) is 0 Å². The van der Waals surface area contributed by atoms with Crippen LogP contribution in [0.3, 0.4) is 0 Å². The second-order valence-corrected chi connectivity index (χ2v) is 5.37. The summed E-state index contributed by atoms with van der Waals surface area (Å²) in [6.45, 7) is 4.96. The molecule has 0 aromatic heterocycles. The number of alkyl halides is 3. The number of benzene rings is 1. The van der Waals surface area contributed by atoms with Gasteiger partial charge in [-0.1, -0.05) is 0 Å². The molecule has 102 valence electrons. The van der Waals surface area contributed by atoms with E-state index in [4.69, 9.17) is 0 Å². The van der Waals surface area contributed by atoms with Crippen LogP contribution in [-0.2, 0) is 6.18 Å². The SMILES string of the molecule is CC(C)(C)N1C(=O)c2ccc(C(F)(F)F)cc2C1=O. The van der Waals surface area contributed by atoms with E-state index < -0.39 is 29.1 Å². The molecule has 6 heteroatoms. The maximum absolute atomic E-state index is 12.6. The Morgan fingerprint density at radius 1 is 0.947 bits per heavy atom. The van der Waals surface area contributed by atoms with Gasteiger partial charge in [-0.15, -0.1) is 0 Å². The first-order valence-electron chi connectivity index (χ1n) is 5.63. The van der Waals surface area contributed by atoms with Crippen LogP contribution in [0.4, 0.5) is 13.2 Å². The van der Waals surface area contributed by atoms with Crippen LogP contribution in [0.25, 0.3) is 0 Å². The minimum atomic E-state index is -4.53. The number of imide groups is 1. The van der Waals surface area contributed by atoms with E-state index in [1.807, 2.05) is 0 Å². The number of carbonyl (C=O) groups is 2. The third-order valence-corrected chi connectivity index (χ3v) is 2.88. The van der Waals surface area contributed by atoms with Gasteiger partial charge in [-0.2, -0.15) is 13.2 Å². The fraction of sp³-hybridized carbons (Fsp3) is 0.385. The van der Waals surface area contributed by atoms with E-state index >= 15 is 0 Å². The molecule has 0 bridgehead atoms. The van der Waals surface area contributed by atoms with Gasteiger partial charge in [-0.05, 0) is 39.0 Å². The number of hydrogen-bond donors (Lipinski definition) is 0. The molecule has 0 saturated heterocycles. The summed E-state index contributed by atoms with van der Waals surface area (Å²) < 4.78 is 37.8. The highest BCUT2D eigenvalue weighted by Crippen LogP contribution is 2.35. The lowest BCUT2D eigenvalue weighted by molar-refractivity contribution is -0.137. The van der Waals surface area contributed by atoms with Gasteiger partial charge in [0.25, 0.3) is 11.8 Å². The summed E-state index contributed by atoms with van der Waals surface area (Å²) >= 11 is 0. The summed E-state index contributed by atoms with van der Waals surface area (Å²) in [6, 6.07) is 2.61. The number of fused-ring (bicyclic) bond motifs is 1. The van der Waals surface area contributed by atoms with E-state index in [-0.39, 0.29) is 11.1 Å². The molecule has 3 nitrogen and oxygen atoms in total. The molecule has 0 atom stereocenters. The standard InChI is InChI=1S/C13H12F3NO2/c1-12(2,3)17-10(18)8-5-4-7(13(14,15)16)6-9(8)11(17)19/h4-6H,1-3H3. The zero-order valence-corrected chi connectivity index (χ0v) is 10.6. The zero-order valence-electron chi connectivity index (χ0n) is 10.6. The minimum Gasteiger partial charge on any atom is -0.269 e. The maximum Gasteiger partial charge on any atom is 0.416 e. The monoisotopic (exact) mass is 271 g/mol. The van der Waals surface area contributed by atoms with Crippen molar-refractivity contribution >= 4 is 11.8 Å². The Bertz CT molecular complexity index is 570. The van der Waals surface area contributed by atoms with Crippen LogP contribution in [-0.4, -0.2) is 22.3 Å². The van der Waals surface area contributed by atoms with Crippen LogP contribution in [0.1, 0.15) is 47.1 Å². The number of nitrogens with zero attached hydrogens (tertiary/aromatic N) is 1. The molecule has 0 N–H and O–H groups in total. The molecule has 0 aliphatic carbocycles. The minimum absolute atomic E-state index is 0.0212. The maximum atomic E-state index is 12.6. The van der Waals surface area contributed by atoms with Crippen molar-refractivity contribution < 1.29 is 22.8 Å². The molecule has 2 rings (SSSR count). The van der Waals surface area contributed by atoms with E-state index in [2.05, 4.69) is 0 Å². The molecule has 1 aromatic rings. The van der Waals surface area contributed by atoms with Crippen molar-refractivity contribution in [3.63, 3.8) is 0 Å². The highest BCUT2D eigenvalue weighted by molar-refractivity contribution is 6.21. The van der Waals surface area contributed by atoms with Gasteiger partial charge in [0.2, 0.25) is 0 Å². The van der Waals surface area contributed by atoms with E-state index in [1.54, 1.807) is 20.8 Å². The fourth-order valence-corrected chi connectivity index (χ4v) is 2.03. The molecular formula is C13H12F3NO2. The fourth-order valence-electron chi connectivity index (χ4n) is 2.03. The number of hydrogen-bond acceptors (Lipinski definition) is 2. The molecular weight excluding hydrogens is 259 g/mol. The van der Waals surface area contributed by atoms with Crippen LogP contribution < -0.4 is 0 Å². The first-order chi connectivity index (χ1) is 8.53. The third-order valence-electron chi connectivity index (χ3n) is 2.88. The molecule has 1 aliphatic rings. The number of rotatable bonds is 0.